The molecule has 128 valence electrons. The predicted molar refractivity (Wildman–Crippen MR) is 99.8 cm³/mol. The van der Waals surface area contributed by atoms with Gasteiger partial charge in [-0.1, -0.05) is 47.6 Å². The lowest BCUT2D eigenvalue weighted by molar-refractivity contribution is -0.605. The van der Waals surface area contributed by atoms with E-state index in [-0.39, 0.29) is 10.8 Å². The molecule has 0 aliphatic heterocycles. The molecule has 0 atom stereocenters. The molecule has 0 saturated carbocycles. The molecule has 0 aliphatic carbocycles. The number of nitrogens with zero attached hydrogens (tertiary/aromatic N) is 1. The first-order chi connectivity index (χ1) is 11.0. The minimum absolute atomic E-state index is 0.154. The molecule has 0 unspecified atom stereocenters. The van der Waals surface area contributed by atoms with E-state index >= 15 is 0 Å². The molecule has 1 heterocycles. The quantitative estimate of drug-likeness (QED) is 0.637. The third kappa shape index (κ3) is 4.16. The molecule has 0 radical (unpaired) electrons. The standard InChI is InChI=1S/C21H27NO2/c1-20(2,3)17-12-16(13-18(19(17)23)21(4,5)6)10-9-15-8-7-11-22(24)14-15/h7-14,23H,1-6H3/b10-9+. The number of hydrogen-bond donors (Lipinski definition) is 1. The Hall–Kier alpha value is -2.29. The molecule has 0 saturated heterocycles. The maximum atomic E-state index is 11.4. The second-order valence-corrected chi connectivity index (χ2v) is 8.30. The molecular formula is C21H27NO2. The van der Waals surface area contributed by atoms with E-state index < -0.39 is 0 Å². The normalized spacial score (nSPS) is 12.8. The van der Waals surface area contributed by atoms with Crippen LogP contribution in [0.15, 0.2) is 36.7 Å². The summed E-state index contributed by atoms with van der Waals surface area (Å²) in [6, 6.07) is 7.66. The van der Waals surface area contributed by atoms with Crippen molar-refractivity contribution in [2.75, 3.05) is 0 Å². The summed E-state index contributed by atoms with van der Waals surface area (Å²) < 4.78 is 0.789. The highest BCUT2D eigenvalue weighted by molar-refractivity contribution is 5.71. The maximum absolute atomic E-state index is 11.4. The highest BCUT2D eigenvalue weighted by Gasteiger charge is 2.26. The smallest absolute Gasteiger partial charge is 0.187 e. The van der Waals surface area contributed by atoms with E-state index in [0.29, 0.717) is 5.75 Å². The zero-order valence-electron chi connectivity index (χ0n) is 15.4. The zero-order valence-corrected chi connectivity index (χ0v) is 15.4. The molecule has 0 spiro atoms. The van der Waals surface area contributed by atoms with Crippen LogP contribution in [-0.2, 0) is 10.8 Å². The fraction of sp³-hybridized carbons (Fsp3) is 0.381. The Morgan fingerprint density at radius 3 is 1.88 bits per heavy atom. The van der Waals surface area contributed by atoms with Gasteiger partial charge in [0.05, 0.1) is 0 Å². The van der Waals surface area contributed by atoms with Gasteiger partial charge in [-0.15, -0.1) is 0 Å². The zero-order chi connectivity index (χ0) is 18.1. The summed E-state index contributed by atoms with van der Waals surface area (Å²) in [6.45, 7) is 12.6. The third-order valence-electron chi connectivity index (χ3n) is 4.01. The van der Waals surface area contributed by atoms with Crippen molar-refractivity contribution in [1.29, 1.82) is 0 Å². The highest BCUT2D eigenvalue weighted by atomic mass is 16.5. The van der Waals surface area contributed by atoms with Crippen LogP contribution in [0, 0.1) is 5.21 Å². The monoisotopic (exact) mass is 325 g/mol. The van der Waals surface area contributed by atoms with E-state index in [1.807, 2.05) is 30.4 Å². The largest absolute Gasteiger partial charge is 0.619 e. The van der Waals surface area contributed by atoms with Crippen molar-refractivity contribution in [3.05, 3.63) is 64.1 Å². The van der Waals surface area contributed by atoms with Crippen LogP contribution in [0.4, 0.5) is 0 Å². The number of benzene rings is 1. The topological polar surface area (TPSA) is 47.2 Å². The molecule has 0 aliphatic rings. The predicted octanol–water partition coefficient (Wildman–Crippen LogP) is 4.79. The summed E-state index contributed by atoms with van der Waals surface area (Å²) in [5, 5.41) is 22.1. The van der Waals surface area contributed by atoms with Crippen LogP contribution < -0.4 is 4.73 Å². The van der Waals surface area contributed by atoms with Crippen molar-refractivity contribution in [1.82, 2.24) is 0 Å². The second kappa shape index (κ2) is 6.31. The van der Waals surface area contributed by atoms with Gasteiger partial charge in [0.15, 0.2) is 12.4 Å². The number of pyridine rings is 1. The first kappa shape index (κ1) is 18.1. The van der Waals surface area contributed by atoms with E-state index in [9.17, 15) is 10.3 Å². The van der Waals surface area contributed by atoms with Crippen LogP contribution in [0.1, 0.15) is 63.8 Å². The second-order valence-electron chi connectivity index (χ2n) is 8.30. The Kier molecular flexibility index (Phi) is 4.75. The number of phenolic OH excluding ortho intramolecular Hbond substituents is 1. The average Bonchev–Trinajstić information content (AvgIpc) is 2.43. The number of aromatic hydroxyl groups is 1. The van der Waals surface area contributed by atoms with E-state index in [2.05, 4.69) is 41.5 Å². The highest BCUT2D eigenvalue weighted by Crippen LogP contribution is 2.40. The minimum Gasteiger partial charge on any atom is -0.619 e. The van der Waals surface area contributed by atoms with Crippen molar-refractivity contribution >= 4 is 12.2 Å². The first-order valence-electron chi connectivity index (χ1n) is 8.23. The summed E-state index contributed by atoms with van der Waals surface area (Å²) in [5.41, 5.74) is 3.42. The molecule has 2 aromatic rings. The fourth-order valence-corrected chi connectivity index (χ4v) is 2.66. The van der Waals surface area contributed by atoms with Gasteiger partial charge in [-0.05, 0) is 40.7 Å². The van der Waals surface area contributed by atoms with Gasteiger partial charge in [-0.2, -0.15) is 4.73 Å². The molecule has 2 rings (SSSR count). The molecule has 0 fully saturated rings. The van der Waals surface area contributed by atoms with Crippen LogP contribution >= 0.6 is 0 Å². The number of hydrogen-bond acceptors (Lipinski definition) is 2. The molecule has 1 N–H and O–H groups in total. The van der Waals surface area contributed by atoms with Gasteiger partial charge in [0.2, 0.25) is 0 Å². The lowest BCUT2D eigenvalue weighted by atomic mass is 9.78. The Labute approximate surface area is 144 Å². The molecule has 24 heavy (non-hydrogen) atoms. The van der Waals surface area contributed by atoms with Crippen molar-refractivity contribution in [3.63, 3.8) is 0 Å². The molecule has 0 amide bonds. The van der Waals surface area contributed by atoms with Crippen molar-refractivity contribution in [2.24, 2.45) is 0 Å². The maximum Gasteiger partial charge on any atom is 0.187 e. The van der Waals surface area contributed by atoms with Crippen LogP contribution in [0.2, 0.25) is 0 Å². The summed E-state index contributed by atoms with van der Waals surface area (Å²) in [7, 11) is 0. The first-order valence-corrected chi connectivity index (χ1v) is 8.23. The van der Waals surface area contributed by atoms with E-state index in [1.165, 1.54) is 12.4 Å². The lowest BCUT2D eigenvalue weighted by Gasteiger charge is -2.27. The average molecular weight is 325 g/mol. The van der Waals surface area contributed by atoms with Crippen LogP contribution in [0.25, 0.3) is 12.2 Å². The molecule has 0 bridgehead atoms. The molecule has 1 aromatic heterocycles. The van der Waals surface area contributed by atoms with Gasteiger partial charge in [0, 0.05) is 22.8 Å². The number of aromatic nitrogens is 1. The van der Waals surface area contributed by atoms with Crippen molar-refractivity contribution in [3.8, 4) is 5.75 Å². The third-order valence-corrected chi connectivity index (χ3v) is 4.01. The molecule has 3 nitrogen and oxygen atoms in total. The van der Waals surface area contributed by atoms with Gasteiger partial charge in [0.1, 0.15) is 5.75 Å². The van der Waals surface area contributed by atoms with E-state index in [0.717, 1.165) is 27.0 Å². The van der Waals surface area contributed by atoms with Gasteiger partial charge in [0.25, 0.3) is 0 Å². The number of phenols is 1. The van der Waals surface area contributed by atoms with Crippen LogP contribution in [0.3, 0.4) is 0 Å². The van der Waals surface area contributed by atoms with Crippen LogP contribution in [-0.4, -0.2) is 5.11 Å². The van der Waals surface area contributed by atoms with E-state index in [4.69, 9.17) is 0 Å². The Morgan fingerprint density at radius 2 is 1.42 bits per heavy atom. The van der Waals surface area contributed by atoms with Gasteiger partial charge in [-0.3, -0.25) is 0 Å². The molecule has 1 aromatic carbocycles. The minimum atomic E-state index is -0.154. The van der Waals surface area contributed by atoms with E-state index in [1.54, 1.807) is 6.07 Å². The SMILES string of the molecule is CC(C)(C)c1cc(/C=C/c2ccc[n+]([O-])c2)cc(C(C)(C)C)c1O. The van der Waals surface area contributed by atoms with Gasteiger partial charge < -0.3 is 10.3 Å². The summed E-state index contributed by atoms with van der Waals surface area (Å²) in [5.74, 6) is 0.379. The molecular weight excluding hydrogens is 298 g/mol. The summed E-state index contributed by atoms with van der Waals surface area (Å²) in [4.78, 5) is 0. The van der Waals surface area contributed by atoms with Crippen LogP contribution in [0.5, 0.6) is 5.75 Å². The summed E-state index contributed by atoms with van der Waals surface area (Å²) >= 11 is 0. The Balaban J connectivity index is 2.54. The van der Waals surface area contributed by atoms with Gasteiger partial charge in [-0.25, -0.2) is 0 Å². The van der Waals surface area contributed by atoms with Crippen molar-refractivity contribution < 1.29 is 9.84 Å². The van der Waals surface area contributed by atoms with Gasteiger partial charge >= 0.3 is 0 Å². The Morgan fingerprint density at radius 1 is 0.917 bits per heavy atom. The lowest BCUT2D eigenvalue weighted by Crippen LogP contribution is -2.24. The van der Waals surface area contributed by atoms with Crippen molar-refractivity contribution in [2.45, 2.75) is 52.4 Å². The fourth-order valence-electron chi connectivity index (χ4n) is 2.66. The summed E-state index contributed by atoms with van der Waals surface area (Å²) in [6.07, 6.45) is 6.90. The Bertz CT molecular complexity index is 727. The molecule has 3 heteroatoms. The number of rotatable bonds is 2.